The van der Waals surface area contributed by atoms with Crippen LogP contribution in [0.25, 0.3) is 10.9 Å². The number of rotatable bonds is 6. The zero-order valence-electron chi connectivity index (χ0n) is 12.2. The van der Waals surface area contributed by atoms with E-state index in [4.69, 9.17) is 0 Å². The van der Waals surface area contributed by atoms with E-state index in [0.717, 1.165) is 18.0 Å². The average Bonchev–Trinajstić information content (AvgIpc) is 2.46. The third kappa shape index (κ3) is 3.54. The van der Waals surface area contributed by atoms with Gasteiger partial charge in [-0.1, -0.05) is 38.8 Å². The van der Waals surface area contributed by atoms with Gasteiger partial charge in [0.1, 0.15) is 0 Å². The predicted octanol–water partition coefficient (Wildman–Crippen LogP) is 4.15. The molecule has 1 N–H and O–H groups in total. The summed E-state index contributed by atoms with van der Waals surface area (Å²) in [7, 11) is 0. The lowest BCUT2D eigenvalue weighted by Gasteiger charge is -2.22. The lowest BCUT2D eigenvalue weighted by molar-refractivity contribution is 0.353. The molecule has 1 atom stereocenters. The fraction of sp³-hybridized carbons (Fsp3) is 0.471. The molecular formula is C17H24N2. The summed E-state index contributed by atoms with van der Waals surface area (Å²) in [6, 6.07) is 11.2. The van der Waals surface area contributed by atoms with Gasteiger partial charge in [-0.15, -0.1) is 0 Å². The fourth-order valence-electron chi connectivity index (χ4n) is 2.68. The normalized spacial score (nSPS) is 13.1. The molecule has 1 aromatic heterocycles. The van der Waals surface area contributed by atoms with Crippen LogP contribution < -0.4 is 5.32 Å². The van der Waals surface area contributed by atoms with Crippen LogP contribution in [-0.4, -0.2) is 11.0 Å². The van der Waals surface area contributed by atoms with E-state index in [1.807, 2.05) is 12.3 Å². The first-order valence-electron chi connectivity index (χ1n) is 7.31. The van der Waals surface area contributed by atoms with E-state index < -0.39 is 0 Å². The van der Waals surface area contributed by atoms with Crippen LogP contribution in [0, 0.1) is 5.92 Å². The van der Waals surface area contributed by atoms with Crippen molar-refractivity contribution in [2.75, 3.05) is 0 Å². The van der Waals surface area contributed by atoms with Crippen LogP contribution in [0.3, 0.4) is 0 Å². The van der Waals surface area contributed by atoms with Crippen molar-refractivity contribution in [2.24, 2.45) is 5.92 Å². The van der Waals surface area contributed by atoms with Gasteiger partial charge in [0, 0.05) is 24.2 Å². The van der Waals surface area contributed by atoms with E-state index in [2.05, 4.69) is 55.3 Å². The topological polar surface area (TPSA) is 24.9 Å². The molecule has 2 heteroatoms. The number of fused-ring (bicyclic) bond motifs is 1. The minimum absolute atomic E-state index is 0.569. The standard InChI is InChI=1S/C17H24N2/c1-4-15(5-2)13(3)19-12-14-8-9-17-16(11-14)7-6-10-18-17/h6-11,13,15,19H,4-5,12H2,1-3H3. The molecule has 0 aliphatic carbocycles. The van der Waals surface area contributed by atoms with Crippen molar-refractivity contribution >= 4 is 10.9 Å². The maximum Gasteiger partial charge on any atom is 0.0702 e. The number of pyridine rings is 1. The summed E-state index contributed by atoms with van der Waals surface area (Å²) in [6.07, 6.45) is 4.33. The van der Waals surface area contributed by atoms with Gasteiger partial charge < -0.3 is 5.32 Å². The molecule has 2 rings (SSSR count). The Morgan fingerprint density at radius 2 is 1.95 bits per heavy atom. The summed E-state index contributed by atoms with van der Waals surface area (Å²) in [5.41, 5.74) is 2.40. The minimum atomic E-state index is 0.569. The van der Waals surface area contributed by atoms with Crippen molar-refractivity contribution in [1.29, 1.82) is 0 Å². The summed E-state index contributed by atoms with van der Waals surface area (Å²) in [5, 5.41) is 4.86. The van der Waals surface area contributed by atoms with Crippen LogP contribution in [0.2, 0.25) is 0 Å². The zero-order valence-corrected chi connectivity index (χ0v) is 12.2. The summed E-state index contributed by atoms with van der Waals surface area (Å²) < 4.78 is 0. The SMILES string of the molecule is CCC(CC)C(C)NCc1ccc2ncccc2c1. The maximum absolute atomic E-state index is 4.35. The quantitative estimate of drug-likeness (QED) is 0.840. The maximum atomic E-state index is 4.35. The second-order valence-electron chi connectivity index (χ2n) is 5.28. The van der Waals surface area contributed by atoms with Crippen molar-refractivity contribution in [1.82, 2.24) is 10.3 Å². The highest BCUT2D eigenvalue weighted by molar-refractivity contribution is 5.78. The molecule has 0 bridgehead atoms. The lowest BCUT2D eigenvalue weighted by atomic mass is 9.95. The molecule has 1 unspecified atom stereocenters. The van der Waals surface area contributed by atoms with Crippen LogP contribution in [0.5, 0.6) is 0 Å². The second kappa shape index (κ2) is 6.67. The summed E-state index contributed by atoms with van der Waals surface area (Å²) in [4.78, 5) is 4.35. The molecule has 0 radical (unpaired) electrons. The first kappa shape index (κ1) is 14.0. The molecule has 1 aromatic carbocycles. The van der Waals surface area contributed by atoms with E-state index >= 15 is 0 Å². The summed E-state index contributed by atoms with van der Waals surface area (Å²) in [5.74, 6) is 0.766. The van der Waals surface area contributed by atoms with Gasteiger partial charge in [-0.25, -0.2) is 0 Å². The number of nitrogens with one attached hydrogen (secondary N) is 1. The zero-order chi connectivity index (χ0) is 13.7. The molecule has 19 heavy (non-hydrogen) atoms. The smallest absolute Gasteiger partial charge is 0.0702 e. The Bertz CT molecular complexity index is 517. The lowest BCUT2D eigenvalue weighted by Crippen LogP contribution is -2.32. The van der Waals surface area contributed by atoms with E-state index in [-0.39, 0.29) is 0 Å². The monoisotopic (exact) mass is 256 g/mol. The Labute approximate surface area is 116 Å². The summed E-state index contributed by atoms with van der Waals surface area (Å²) in [6.45, 7) is 7.77. The average molecular weight is 256 g/mol. The van der Waals surface area contributed by atoms with Gasteiger partial charge in [-0.05, 0) is 36.6 Å². The van der Waals surface area contributed by atoms with Crippen LogP contribution in [0.15, 0.2) is 36.5 Å². The third-order valence-electron chi connectivity index (χ3n) is 4.05. The molecule has 102 valence electrons. The molecule has 0 spiro atoms. The highest BCUT2D eigenvalue weighted by Crippen LogP contribution is 2.15. The number of aromatic nitrogens is 1. The molecule has 2 nitrogen and oxygen atoms in total. The van der Waals surface area contributed by atoms with Gasteiger partial charge in [0.25, 0.3) is 0 Å². The second-order valence-corrected chi connectivity index (χ2v) is 5.28. The third-order valence-corrected chi connectivity index (χ3v) is 4.05. The van der Waals surface area contributed by atoms with Crippen molar-refractivity contribution < 1.29 is 0 Å². The predicted molar refractivity (Wildman–Crippen MR) is 82.1 cm³/mol. The number of hydrogen-bond acceptors (Lipinski definition) is 2. The van der Waals surface area contributed by atoms with Crippen LogP contribution >= 0.6 is 0 Å². The molecule has 2 aromatic rings. The van der Waals surface area contributed by atoms with E-state index in [1.54, 1.807) is 0 Å². The first-order valence-corrected chi connectivity index (χ1v) is 7.31. The van der Waals surface area contributed by atoms with E-state index in [9.17, 15) is 0 Å². The molecule has 1 heterocycles. The Balaban J connectivity index is 2.01. The van der Waals surface area contributed by atoms with Gasteiger partial charge in [0.2, 0.25) is 0 Å². The minimum Gasteiger partial charge on any atom is -0.310 e. The fourth-order valence-corrected chi connectivity index (χ4v) is 2.68. The molecule has 0 aliphatic heterocycles. The van der Waals surface area contributed by atoms with E-state index in [1.165, 1.54) is 23.8 Å². The van der Waals surface area contributed by atoms with Crippen molar-refractivity contribution in [3.8, 4) is 0 Å². The Morgan fingerprint density at radius 1 is 1.16 bits per heavy atom. The molecular weight excluding hydrogens is 232 g/mol. The Kier molecular flexibility index (Phi) is 4.92. The van der Waals surface area contributed by atoms with Crippen LogP contribution in [-0.2, 0) is 6.54 Å². The highest BCUT2D eigenvalue weighted by atomic mass is 14.9. The van der Waals surface area contributed by atoms with Gasteiger partial charge in [0.15, 0.2) is 0 Å². The van der Waals surface area contributed by atoms with E-state index in [0.29, 0.717) is 6.04 Å². The van der Waals surface area contributed by atoms with Gasteiger partial charge >= 0.3 is 0 Å². The highest BCUT2D eigenvalue weighted by Gasteiger charge is 2.12. The van der Waals surface area contributed by atoms with Crippen LogP contribution in [0.1, 0.15) is 39.2 Å². The number of benzene rings is 1. The summed E-state index contributed by atoms with van der Waals surface area (Å²) >= 11 is 0. The molecule has 0 saturated heterocycles. The van der Waals surface area contributed by atoms with Crippen molar-refractivity contribution in [2.45, 2.75) is 46.2 Å². The first-order chi connectivity index (χ1) is 9.24. The molecule has 0 saturated carbocycles. The molecule has 0 aliphatic rings. The van der Waals surface area contributed by atoms with Crippen molar-refractivity contribution in [3.05, 3.63) is 42.1 Å². The van der Waals surface area contributed by atoms with Gasteiger partial charge in [-0.2, -0.15) is 0 Å². The Morgan fingerprint density at radius 3 is 2.68 bits per heavy atom. The van der Waals surface area contributed by atoms with Gasteiger partial charge in [-0.3, -0.25) is 4.98 Å². The van der Waals surface area contributed by atoms with Crippen LogP contribution in [0.4, 0.5) is 0 Å². The van der Waals surface area contributed by atoms with Gasteiger partial charge in [0.05, 0.1) is 5.52 Å². The molecule has 0 amide bonds. The number of nitrogens with zero attached hydrogens (tertiary/aromatic N) is 1. The molecule has 0 fully saturated rings. The Hall–Kier alpha value is -1.41. The number of hydrogen-bond donors (Lipinski definition) is 1. The van der Waals surface area contributed by atoms with Crippen molar-refractivity contribution in [3.63, 3.8) is 0 Å². The largest absolute Gasteiger partial charge is 0.310 e.